The fraction of sp³-hybridized carbons (Fsp3) is 0.500. The number of nitro benzene ring substituents is 1. The molecule has 0 aliphatic heterocycles. The van der Waals surface area contributed by atoms with Crippen molar-refractivity contribution < 1.29 is 19.2 Å². The van der Waals surface area contributed by atoms with E-state index >= 15 is 0 Å². The Kier molecular flexibility index (Phi) is 5.23. The molecule has 2 N–H and O–H groups in total. The molecule has 0 fully saturated rings. The van der Waals surface area contributed by atoms with E-state index < -0.39 is 28.0 Å². The maximum absolute atomic E-state index is 14.0. The molecule has 0 bridgehead atoms. The van der Waals surface area contributed by atoms with Gasteiger partial charge in [0, 0.05) is 5.54 Å². The summed E-state index contributed by atoms with van der Waals surface area (Å²) in [5.41, 5.74) is -1.67. The van der Waals surface area contributed by atoms with Gasteiger partial charge in [-0.3, -0.25) is 10.1 Å². The van der Waals surface area contributed by atoms with E-state index in [1.54, 1.807) is 0 Å². The molecule has 1 aromatic rings. The summed E-state index contributed by atoms with van der Waals surface area (Å²) in [7, 11) is 0. The van der Waals surface area contributed by atoms with E-state index in [4.69, 9.17) is 5.11 Å². The van der Waals surface area contributed by atoms with Crippen LogP contribution in [0.4, 0.5) is 15.8 Å². The Morgan fingerprint density at radius 1 is 1.33 bits per heavy atom. The zero-order valence-electron chi connectivity index (χ0n) is 12.3. The number of carboxylic acid groups (broad SMARTS) is 1. The highest BCUT2D eigenvalue weighted by atomic mass is 19.1. The summed E-state index contributed by atoms with van der Waals surface area (Å²) in [5, 5.41) is 22.9. The zero-order valence-corrected chi connectivity index (χ0v) is 12.3. The van der Waals surface area contributed by atoms with Gasteiger partial charge in [-0.05, 0) is 25.3 Å². The molecule has 0 heterocycles. The third kappa shape index (κ3) is 3.48. The number of carboxylic acids is 1. The van der Waals surface area contributed by atoms with Gasteiger partial charge in [0.2, 0.25) is 0 Å². The normalized spacial score (nSPS) is 11.2. The van der Waals surface area contributed by atoms with Gasteiger partial charge in [0.05, 0.1) is 16.7 Å². The Morgan fingerprint density at radius 3 is 2.24 bits per heavy atom. The summed E-state index contributed by atoms with van der Waals surface area (Å²) in [4.78, 5) is 21.0. The van der Waals surface area contributed by atoms with Gasteiger partial charge in [0.15, 0.2) is 5.82 Å². The van der Waals surface area contributed by atoms with Crippen LogP contribution in [0.2, 0.25) is 0 Å². The fourth-order valence-electron chi connectivity index (χ4n) is 2.28. The molecular formula is C14H19FN2O4. The van der Waals surface area contributed by atoms with Crippen LogP contribution in [-0.2, 0) is 0 Å². The van der Waals surface area contributed by atoms with Gasteiger partial charge in [-0.25, -0.2) is 9.18 Å². The summed E-state index contributed by atoms with van der Waals surface area (Å²) in [5.74, 6) is -2.29. The molecule has 7 heteroatoms. The van der Waals surface area contributed by atoms with E-state index in [1.165, 1.54) is 0 Å². The number of rotatable bonds is 7. The van der Waals surface area contributed by atoms with Gasteiger partial charge in [-0.1, -0.05) is 20.8 Å². The summed E-state index contributed by atoms with van der Waals surface area (Å²) < 4.78 is 14.0. The Hall–Kier alpha value is -2.18. The number of nitro groups is 1. The van der Waals surface area contributed by atoms with E-state index in [-0.39, 0.29) is 11.2 Å². The lowest BCUT2D eigenvalue weighted by molar-refractivity contribution is -0.385. The predicted molar refractivity (Wildman–Crippen MR) is 77.2 cm³/mol. The summed E-state index contributed by atoms with van der Waals surface area (Å²) >= 11 is 0. The Bertz CT molecular complexity index is 548. The molecule has 0 aliphatic rings. The van der Waals surface area contributed by atoms with Crippen LogP contribution in [0.5, 0.6) is 0 Å². The van der Waals surface area contributed by atoms with Gasteiger partial charge in [0.1, 0.15) is 5.56 Å². The average molecular weight is 298 g/mol. The molecule has 0 aliphatic carbocycles. The average Bonchev–Trinajstić information content (AvgIpc) is 2.45. The molecule has 1 aromatic carbocycles. The number of hydrogen-bond acceptors (Lipinski definition) is 4. The highest BCUT2D eigenvalue weighted by Crippen LogP contribution is 2.31. The van der Waals surface area contributed by atoms with Crippen molar-refractivity contribution in [2.75, 3.05) is 5.32 Å². The third-order valence-corrected chi connectivity index (χ3v) is 3.94. The monoisotopic (exact) mass is 298 g/mol. The molecule has 116 valence electrons. The summed E-state index contributed by atoms with van der Waals surface area (Å²) in [6, 6.07) is 1.64. The highest BCUT2D eigenvalue weighted by Gasteiger charge is 2.28. The Balaban J connectivity index is 3.35. The largest absolute Gasteiger partial charge is 0.477 e. The Morgan fingerprint density at radius 2 is 1.86 bits per heavy atom. The number of nitrogens with zero attached hydrogens (tertiary/aromatic N) is 1. The maximum Gasteiger partial charge on any atom is 0.342 e. The number of hydrogen-bond donors (Lipinski definition) is 2. The van der Waals surface area contributed by atoms with E-state index in [9.17, 15) is 19.3 Å². The van der Waals surface area contributed by atoms with Crippen molar-refractivity contribution in [3.63, 3.8) is 0 Å². The first-order valence-corrected chi connectivity index (χ1v) is 6.79. The van der Waals surface area contributed by atoms with Crippen molar-refractivity contribution in [2.45, 2.75) is 45.6 Å². The van der Waals surface area contributed by atoms with Crippen LogP contribution in [0.3, 0.4) is 0 Å². The SMILES string of the molecule is CCC(CC)(CC)Nc1cc(C(=O)O)c([N+](=O)[O-])cc1F. The minimum Gasteiger partial charge on any atom is -0.477 e. The second-order valence-corrected chi connectivity index (χ2v) is 4.88. The number of anilines is 1. The lowest BCUT2D eigenvalue weighted by atomic mass is 9.89. The highest BCUT2D eigenvalue weighted by molar-refractivity contribution is 5.93. The first kappa shape index (κ1) is 16.9. The van der Waals surface area contributed by atoms with Crippen LogP contribution in [0.25, 0.3) is 0 Å². The number of aromatic carboxylic acids is 1. The van der Waals surface area contributed by atoms with Crippen molar-refractivity contribution >= 4 is 17.3 Å². The zero-order chi connectivity index (χ0) is 16.2. The van der Waals surface area contributed by atoms with Crippen LogP contribution in [0.1, 0.15) is 50.4 Å². The quantitative estimate of drug-likeness (QED) is 0.589. The van der Waals surface area contributed by atoms with Crippen LogP contribution < -0.4 is 5.32 Å². The topological polar surface area (TPSA) is 92.5 Å². The van der Waals surface area contributed by atoms with Crippen molar-refractivity contribution in [3.8, 4) is 0 Å². The van der Waals surface area contributed by atoms with E-state index in [0.29, 0.717) is 6.07 Å². The van der Waals surface area contributed by atoms with Crippen molar-refractivity contribution in [1.29, 1.82) is 0 Å². The summed E-state index contributed by atoms with van der Waals surface area (Å²) in [6.45, 7) is 5.84. The van der Waals surface area contributed by atoms with Crippen molar-refractivity contribution in [2.24, 2.45) is 0 Å². The number of halogens is 1. The maximum atomic E-state index is 14.0. The van der Waals surface area contributed by atoms with Crippen LogP contribution in [-0.4, -0.2) is 21.5 Å². The Labute approximate surface area is 122 Å². The minimum atomic E-state index is -1.46. The first-order valence-electron chi connectivity index (χ1n) is 6.79. The van der Waals surface area contributed by atoms with Crippen LogP contribution in [0.15, 0.2) is 12.1 Å². The van der Waals surface area contributed by atoms with Gasteiger partial charge in [-0.15, -0.1) is 0 Å². The second kappa shape index (κ2) is 6.51. The van der Waals surface area contributed by atoms with Gasteiger partial charge < -0.3 is 10.4 Å². The molecule has 6 nitrogen and oxygen atoms in total. The molecule has 0 aromatic heterocycles. The van der Waals surface area contributed by atoms with Crippen molar-refractivity contribution in [3.05, 3.63) is 33.6 Å². The molecule has 0 saturated heterocycles. The van der Waals surface area contributed by atoms with E-state index in [2.05, 4.69) is 5.32 Å². The lowest BCUT2D eigenvalue weighted by Gasteiger charge is -2.33. The lowest BCUT2D eigenvalue weighted by Crippen LogP contribution is -2.36. The molecule has 0 amide bonds. The first-order chi connectivity index (χ1) is 9.80. The molecule has 1 rings (SSSR count). The molecule has 21 heavy (non-hydrogen) atoms. The minimum absolute atomic E-state index is 0.0245. The van der Waals surface area contributed by atoms with Crippen LogP contribution >= 0.6 is 0 Å². The standard InChI is InChI=1S/C14H19FN2O4/c1-4-14(5-2,6-3)16-11-7-9(13(18)19)12(17(20)21)8-10(11)15/h7-8,16H,4-6H2,1-3H3,(H,18,19). The van der Waals surface area contributed by atoms with Gasteiger partial charge in [-0.2, -0.15) is 0 Å². The number of benzene rings is 1. The van der Waals surface area contributed by atoms with Crippen LogP contribution in [0, 0.1) is 15.9 Å². The second-order valence-electron chi connectivity index (χ2n) is 4.88. The smallest absolute Gasteiger partial charge is 0.342 e. The van der Waals surface area contributed by atoms with E-state index in [0.717, 1.165) is 25.3 Å². The van der Waals surface area contributed by atoms with E-state index in [1.807, 2.05) is 20.8 Å². The van der Waals surface area contributed by atoms with Gasteiger partial charge >= 0.3 is 5.97 Å². The molecule has 0 spiro atoms. The third-order valence-electron chi connectivity index (χ3n) is 3.94. The molecule has 0 atom stereocenters. The molecule has 0 radical (unpaired) electrons. The van der Waals surface area contributed by atoms with Gasteiger partial charge in [0.25, 0.3) is 5.69 Å². The molecule has 0 unspecified atom stereocenters. The van der Waals surface area contributed by atoms with Crippen molar-refractivity contribution in [1.82, 2.24) is 0 Å². The number of nitrogens with one attached hydrogen (secondary N) is 1. The predicted octanol–water partition coefficient (Wildman–Crippen LogP) is 3.81. The number of carbonyl (C=O) groups is 1. The molecule has 0 saturated carbocycles. The fourth-order valence-corrected chi connectivity index (χ4v) is 2.28. The summed E-state index contributed by atoms with van der Waals surface area (Å²) in [6.07, 6.45) is 2.16. The molecular weight excluding hydrogens is 279 g/mol.